The van der Waals surface area contributed by atoms with Gasteiger partial charge in [-0.1, -0.05) is 25.4 Å². The lowest BCUT2D eigenvalue weighted by Crippen LogP contribution is -2.19. The summed E-state index contributed by atoms with van der Waals surface area (Å²) in [5.41, 5.74) is 2.17. The van der Waals surface area contributed by atoms with E-state index in [1.807, 2.05) is 18.3 Å². The largest absolute Gasteiger partial charge is 0.492 e. The third-order valence-electron chi connectivity index (χ3n) is 3.61. The van der Waals surface area contributed by atoms with Crippen molar-refractivity contribution in [2.45, 2.75) is 32.6 Å². The Kier molecular flexibility index (Phi) is 5.51. The van der Waals surface area contributed by atoms with E-state index in [9.17, 15) is 4.79 Å². The van der Waals surface area contributed by atoms with Crippen LogP contribution >= 0.6 is 11.6 Å². The van der Waals surface area contributed by atoms with E-state index in [1.54, 1.807) is 0 Å². The Hall–Kier alpha value is -1.68. The van der Waals surface area contributed by atoms with Crippen molar-refractivity contribution in [3.63, 3.8) is 0 Å². The van der Waals surface area contributed by atoms with Crippen LogP contribution in [-0.2, 0) is 4.79 Å². The molecule has 0 aliphatic carbocycles. The van der Waals surface area contributed by atoms with Crippen LogP contribution in [0.5, 0.6) is 5.75 Å². The van der Waals surface area contributed by atoms with Gasteiger partial charge < -0.3 is 15.0 Å². The number of fused-ring (bicyclic) bond motifs is 1. The number of aromatic nitrogens is 1. The van der Waals surface area contributed by atoms with E-state index in [0.717, 1.165) is 30.2 Å². The highest BCUT2D eigenvalue weighted by Crippen LogP contribution is 2.34. The molecule has 0 bridgehead atoms. The summed E-state index contributed by atoms with van der Waals surface area (Å²) >= 11 is 6.24. The zero-order chi connectivity index (χ0) is 15.2. The third kappa shape index (κ3) is 3.50. The number of amides is 1. The standard InChI is InChI=1S/C16H21ClN2O2/c1-3-5-21-16-6-12-13(11(4-2)8-18-10-20)9-19-15(12)7-14(16)17/h6-7,9-11,19H,3-5,8H2,1-2H3,(H,18,20). The van der Waals surface area contributed by atoms with Crippen LogP contribution in [0.1, 0.15) is 38.2 Å². The van der Waals surface area contributed by atoms with Crippen LogP contribution in [0.2, 0.25) is 5.02 Å². The molecule has 1 heterocycles. The van der Waals surface area contributed by atoms with Gasteiger partial charge in [0.15, 0.2) is 0 Å². The Morgan fingerprint density at radius 2 is 2.24 bits per heavy atom. The van der Waals surface area contributed by atoms with Crippen molar-refractivity contribution in [3.05, 3.63) is 28.9 Å². The predicted octanol–water partition coefficient (Wildman–Crippen LogP) is 3.85. The molecule has 0 aliphatic rings. The normalized spacial score (nSPS) is 12.3. The molecule has 0 fully saturated rings. The summed E-state index contributed by atoms with van der Waals surface area (Å²) in [6, 6.07) is 3.88. The van der Waals surface area contributed by atoms with Gasteiger partial charge >= 0.3 is 0 Å². The summed E-state index contributed by atoms with van der Waals surface area (Å²) in [5, 5.41) is 4.48. The van der Waals surface area contributed by atoms with Gasteiger partial charge in [0.05, 0.1) is 11.6 Å². The number of aromatic amines is 1. The number of hydrogen-bond donors (Lipinski definition) is 2. The summed E-state index contributed by atoms with van der Waals surface area (Å²) in [6.07, 6.45) is 4.62. The molecule has 1 atom stereocenters. The summed E-state index contributed by atoms with van der Waals surface area (Å²) < 4.78 is 5.70. The molecule has 0 saturated heterocycles. The number of ether oxygens (including phenoxy) is 1. The number of halogens is 1. The van der Waals surface area contributed by atoms with Crippen LogP contribution < -0.4 is 10.1 Å². The molecule has 2 rings (SSSR count). The number of carbonyl (C=O) groups is 1. The summed E-state index contributed by atoms with van der Waals surface area (Å²) in [7, 11) is 0. The van der Waals surface area contributed by atoms with Gasteiger partial charge in [0.25, 0.3) is 0 Å². The van der Waals surface area contributed by atoms with Gasteiger partial charge in [0.1, 0.15) is 5.75 Å². The average molecular weight is 309 g/mol. The Bertz CT molecular complexity index is 610. The van der Waals surface area contributed by atoms with Crippen LogP contribution in [0.4, 0.5) is 0 Å². The second-order valence-electron chi connectivity index (χ2n) is 5.05. The Morgan fingerprint density at radius 3 is 2.90 bits per heavy atom. The van der Waals surface area contributed by atoms with E-state index in [-0.39, 0.29) is 5.92 Å². The molecule has 114 valence electrons. The lowest BCUT2D eigenvalue weighted by atomic mass is 9.96. The van der Waals surface area contributed by atoms with Crippen molar-refractivity contribution < 1.29 is 9.53 Å². The molecule has 0 saturated carbocycles. The molecule has 0 aliphatic heterocycles. The lowest BCUT2D eigenvalue weighted by Gasteiger charge is -2.14. The fourth-order valence-electron chi connectivity index (χ4n) is 2.47. The van der Waals surface area contributed by atoms with E-state index >= 15 is 0 Å². The van der Waals surface area contributed by atoms with Crippen molar-refractivity contribution in [1.29, 1.82) is 0 Å². The summed E-state index contributed by atoms with van der Waals surface area (Å²) in [6.45, 7) is 5.45. The molecule has 1 aromatic carbocycles. The number of H-pyrrole nitrogens is 1. The van der Waals surface area contributed by atoms with E-state index in [2.05, 4.69) is 24.1 Å². The number of benzene rings is 1. The van der Waals surface area contributed by atoms with Gasteiger partial charge in [-0.15, -0.1) is 0 Å². The lowest BCUT2D eigenvalue weighted by molar-refractivity contribution is -0.109. The molecular formula is C16H21ClN2O2. The van der Waals surface area contributed by atoms with Gasteiger partial charge in [-0.2, -0.15) is 0 Å². The first-order valence-corrected chi connectivity index (χ1v) is 7.69. The monoisotopic (exact) mass is 308 g/mol. The molecule has 5 heteroatoms. The topological polar surface area (TPSA) is 54.1 Å². The Balaban J connectivity index is 2.37. The maximum atomic E-state index is 10.5. The minimum Gasteiger partial charge on any atom is -0.492 e. The SMILES string of the molecule is CCCOc1cc2c(C(CC)CNC=O)c[nH]c2cc1Cl. The maximum Gasteiger partial charge on any atom is 0.207 e. The Morgan fingerprint density at radius 1 is 1.43 bits per heavy atom. The average Bonchev–Trinajstić information content (AvgIpc) is 2.88. The van der Waals surface area contributed by atoms with Gasteiger partial charge in [0.2, 0.25) is 6.41 Å². The highest BCUT2D eigenvalue weighted by molar-refractivity contribution is 6.32. The van der Waals surface area contributed by atoms with Crippen molar-refractivity contribution in [3.8, 4) is 5.75 Å². The van der Waals surface area contributed by atoms with Crippen LogP contribution in [0.3, 0.4) is 0 Å². The van der Waals surface area contributed by atoms with Gasteiger partial charge in [0, 0.05) is 29.6 Å². The number of carbonyl (C=O) groups excluding carboxylic acids is 1. The van der Waals surface area contributed by atoms with Gasteiger partial charge in [-0.25, -0.2) is 0 Å². The summed E-state index contributed by atoms with van der Waals surface area (Å²) in [4.78, 5) is 13.8. The first kappa shape index (κ1) is 15.7. The second kappa shape index (κ2) is 7.36. The molecule has 0 radical (unpaired) electrons. The maximum absolute atomic E-state index is 10.5. The number of rotatable bonds is 8. The molecule has 1 unspecified atom stereocenters. The van der Waals surface area contributed by atoms with Crippen molar-refractivity contribution >= 4 is 28.9 Å². The number of hydrogen-bond acceptors (Lipinski definition) is 2. The van der Waals surface area contributed by atoms with E-state index in [0.29, 0.717) is 23.9 Å². The fraction of sp³-hybridized carbons (Fsp3) is 0.438. The molecule has 2 N–H and O–H groups in total. The minimum atomic E-state index is 0.268. The third-order valence-corrected chi connectivity index (χ3v) is 3.90. The smallest absolute Gasteiger partial charge is 0.207 e. The molecule has 1 aromatic heterocycles. The van der Waals surface area contributed by atoms with E-state index < -0.39 is 0 Å². The van der Waals surface area contributed by atoms with Crippen LogP contribution in [0.25, 0.3) is 10.9 Å². The first-order chi connectivity index (χ1) is 10.2. The quantitative estimate of drug-likeness (QED) is 0.728. The van der Waals surface area contributed by atoms with Gasteiger partial charge in [-0.05, 0) is 30.5 Å². The van der Waals surface area contributed by atoms with Crippen LogP contribution in [0, 0.1) is 0 Å². The number of nitrogens with one attached hydrogen (secondary N) is 2. The molecule has 2 aromatic rings. The zero-order valence-electron chi connectivity index (χ0n) is 12.4. The van der Waals surface area contributed by atoms with Crippen molar-refractivity contribution in [2.75, 3.05) is 13.2 Å². The molecule has 1 amide bonds. The summed E-state index contributed by atoms with van der Waals surface area (Å²) in [5.74, 6) is 0.981. The predicted molar refractivity (Wildman–Crippen MR) is 86.2 cm³/mol. The molecule has 21 heavy (non-hydrogen) atoms. The van der Waals surface area contributed by atoms with E-state index in [4.69, 9.17) is 16.3 Å². The Labute approximate surface area is 129 Å². The van der Waals surface area contributed by atoms with Gasteiger partial charge in [-0.3, -0.25) is 4.79 Å². The molecular weight excluding hydrogens is 288 g/mol. The highest BCUT2D eigenvalue weighted by Gasteiger charge is 2.16. The molecule has 0 spiro atoms. The molecule has 4 nitrogen and oxygen atoms in total. The van der Waals surface area contributed by atoms with Crippen LogP contribution in [-0.4, -0.2) is 24.5 Å². The highest BCUT2D eigenvalue weighted by atomic mass is 35.5. The van der Waals surface area contributed by atoms with Crippen molar-refractivity contribution in [2.24, 2.45) is 0 Å². The first-order valence-electron chi connectivity index (χ1n) is 7.31. The fourth-order valence-corrected chi connectivity index (χ4v) is 2.69. The van der Waals surface area contributed by atoms with Crippen molar-refractivity contribution in [1.82, 2.24) is 10.3 Å². The van der Waals surface area contributed by atoms with E-state index in [1.165, 1.54) is 5.56 Å². The minimum absolute atomic E-state index is 0.268. The van der Waals surface area contributed by atoms with Crippen LogP contribution in [0.15, 0.2) is 18.3 Å². The second-order valence-corrected chi connectivity index (χ2v) is 5.46. The zero-order valence-corrected chi connectivity index (χ0v) is 13.2.